The largest absolute Gasteiger partial charge is 0.337 e. The lowest BCUT2D eigenvalue weighted by molar-refractivity contribution is -0.119. The second-order valence-electron chi connectivity index (χ2n) is 8.31. The first-order chi connectivity index (χ1) is 15.4. The maximum atomic E-state index is 13.3. The normalized spacial score (nSPS) is 13.5. The molecule has 0 unspecified atom stereocenters. The van der Waals surface area contributed by atoms with Crippen LogP contribution in [0.3, 0.4) is 0 Å². The van der Waals surface area contributed by atoms with Crippen LogP contribution >= 0.6 is 0 Å². The minimum absolute atomic E-state index is 0.0432. The lowest BCUT2D eigenvalue weighted by atomic mass is 10.2. The summed E-state index contributed by atoms with van der Waals surface area (Å²) in [5.74, 6) is -0.116. The summed E-state index contributed by atoms with van der Waals surface area (Å²) in [6.07, 6.45) is 2.46. The molecule has 5 rings (SSSR count). The molecule has 1 aliphatic heterocycles. The molecule has 0 saturated heterocycles. The van der Waals surface area contributed by atoms with Crippen LogP contribution in [0.1, 0.15) is 16.7 Å². The third-order valence-electron chi connectivity index (χ3n) is 6.02. The van der Waals surface area contributed by atoms with E-state index in [0.717, 1.165) is 28.8 Å². The first-order valence-electron chi connectivity index (χ1n) is 10.7. The van der Waals surface area contributed by atoms with E-state index in [1.165, 1.54) is 5.56 Å². The molecule has 162 valence electrons. The number of hydrogen-bond donors (Lipinski definition) is 0. The van der Waals surface area contributed by atoms with Gasteiger partial charge in [0, 0.05) is 29.3 Å². The van der Waals surface area contributed by atoms with Crippen molar-refractivity contribution in [3.8, 4) is 0 Å². The molecule has 1 aliphatic rings. The third kappa shape index (κ3) is 3.71. The van der Waals surface area contributed by atoms with Crippen LogP contribution in [-0.4, -0.2) is 25.4 Å². The number of anilines is 1. The van der Waals surface area contributed by atoms with Gasteiger partial charge in [0.15, 0.2) is 9.84 Å². The standard InChI is InChI=1S/C26H24N2O3S/c1-19-7-6-8-20(15-19)18-32(30,31)25-16-27(24-12-5-3-10-22(24)25)17-26(29)28-14-13-21-9-2-4-11-23(21)28/h2-12,15-16H,13-14,17-18H2,1H3. The average molecular weight is 445 g/mol. The zero-order valence-corrected chi connectivity index (χ0v) is 18.7. The van der Waals surface area contributed by atoms with Crippen LogP contribution < -0.4 is 4.90 Å². The summed E-state index contributed by atoms with van der Waals surface area (Å²) < 4.78 is 28.4. The summed E-state index contributed by atoms with van der Waals surface area (Å²) in [5.41, 5.74) is 4.64. The van der Waals surface area contributed by atoms with Crippen molar-refractivity contribution in [3.63, 3.8) is 0 Å². The predicted octanol–water partition coefficient (Wildman–Crippen LogP) is 4.51. The fourth-order valence-electron chi connectivity index (χ4n) is 4.52. The topological polar surface area (TPSA) is 59.4 Å². The molecule has 3 aromatic carbocycles. The van der Waals surface area contributed by atoms with Crippen LogP contribution in [0.2, 0.25) is 0 Å². The molecule has 4 aromatic rings. The Balaban J connectivity index is 1.49. The van der Waals surface area contributed by atoms with Crippen LogP contribution in [0.5, 0.6) is 0 Å². The minimum atomic E-state index is -3.59. The molecule has 0 atom stereocenters. The van der Waals surface area contributed by atoms with Crippen molar-refractivity contribution in [3.05, 3.63) is 95.7 Å². The van der Waals surface area contributed by atoms with Crippen LogP contribution in [-0.2, 0) is 33.4 Å². The second-order valence-corrected chi connectivity index (χ2v) is 10.3. The van der Waals surface area contributed by atoms with E-state index < -0.39 is 9.84 Å². The summed E-state index contributed by atoms with van der Waals surface area (Å²) in [5, 5.41) is 0.648. The summed E-state index contributed by atoms with van der Waals surface area (Å²) in [4.78, 5) is 15.2. The number of hydrogen-bond acceptors (Lipinski definition) is 3. The van der Waals surface area contributed by atoms with Gasteiger partial charge in [-0.3, -0.25) is 4.79 Å². The van der Waals surface area contributed by atoms with E-state index in [2.05, 4.69) is 0 Å². The van der Waals surface area contributed by atoms with Gasteiger partial charge in [-0.15, -0.1) is 0 Å². The van der Waals surface area contributed by atoms with Gasteiger partial charge in [-0.2, -0.15) is 0 Å². The first-order valence-corrected chi connectivity index (χ1v) is 12.3. The lowest BCUT2D eigenvalue weighted by Crippen LogP contribution is -2.32. The first kappa shape index (κ1) is 20.5. The number of nitrogens with zero attached hydrogens (tertiary/aromatic N) is 2. The van der Waals surface area contributed by atoms with E-state index in [-0.39, 0.29) is 23.1 Å². The van der Waals surface area contributed by atoms with E-state index in [1.807, 2.05) is 79.7 Å². The molecule has 0 saturated carbocycles. The number of aromatic nitrogens is 1. The van der Waals surface area contributed by atoms with Gasteiger partial charge in [-0.1, -0.05) is 66.2 Å². The molecule has 0 aliphatic carbocycles. The molecular formula is C26H24N2O3S. The highest BCUT2D eigenvalue weighted by molar-refractivity contribution is 7.90. The number of aryl methyl sites for hydroxylation is 1. The van der Waals surface area contributed by atoms with E-state index in [9.17, 15) is 13.2 Å². The maximum Gasteiger partial charge on any atom is 0.246 e. The minimum Gasteiger partial charge on any atom is -0.337 e. The van der Waals surface area contributed by atoms with Gasteiger partial charge in [0.25, 0.3) is 0 Å². The molecular weight excluding hydrogens is 420 g/mol. The summed E-state index contributed by atoms with van der Waals surface area (Å²) in [7, 11) is -3.59. The molecule has 0 fully saturated rings. The zero-order chi connectivity index (χ0) is 22.3. The van der Waals surface area contributed by atoms with Gasteiger partial charge in [0.2, 0.25) is 5.91 Å². The number of carbonyl (C=O) groups is 1. The SMILES string of the molecule is Cc1cccc(CS(=O)(=O)c2cn(CC(=O)N3CCc4ccccc43)c3ccccc23)c1. The Morgan fingerprint density at radius 1 is 0.969 bits per heavy atom. The Morgan fingerprint density at radius 2 is 1.75 bits per heavy atom. The van der Waals surface area contributed by atoms with E-state index in [0.29, 0.717) is 11.9 Å². The van der Waals surface area contributed by atoms with Gasteiger partial charge in [0.05, 0.1) is 10.6 Å². The van der Waals surface area contributed by atoms with Crippen LogP contribution in [0.25, 0.3) is 10.9 Å². The van der Waals surface area contributed by atoms with Crippen LogP contribution in [0.15, 0.2) is 83.9 Å². The third-order valence-corrected chi connectivity index (χ3v) is 7.73. The summed E-state index contributed by atoms with van der Waals surface area (Å²) in [6.45, 7) is 2.69. The Kier molecular flexibility index (Phi) is 5.10. The number of carbonyl (C=O) groups excluding carboxylic acids is 1. The molecule has 6 heteroatoms. The highest BCUT2D eigenvalue weighted by Crippen LogP contribution is 2.30. The number of rotatable bonds is 5. The van der Waals surface area contributed by atoms with Crippen LogP contribution in [0.4, 0.5) is 5.69 Å². The molecule has 0 spiro atoms. The maximum absolute atomic E-state index is 13.3. The highest BCUT2D eigenvalue weighted by Gasteiger charge is 2.26. The van der Waals surface area contributed by atoms with Crippen molar-refractivity contribution in [2.45, 2.75) is 30.5 Å². The van der Waals surface area contributed by atoms with Crippen molar-refractivity contribution in [2.75, 3.05) is 11.4 Å². The molecule has 2 heterocycles. The predicted molar refractivity (Wildman–Crippen MR) is 127 cm³/mol. The van der Waals surface area contributed by atoms with Crippen molar-refractivity contribution >= 4 is 32.3 Å². The molecule has 1 amide bonds. The van der Waals surface area contributed by atoms with Crippen molar-refractivity contribution in [1.29, 1.82) is 0 Å². The molecule has 1 aromatic heterocycles. The Morgan fingerprint density at radius 3 is 2.59 bits per heavy atom. The number of benzene rings is 3. The Labute approximate surface area is 187 Å². The highest BCUT2D eigenvalue weighted by atomic mass is 32.2. The summed E-state index contributed by atoms with van der Waals surface area (Å²) >= 11 is 0. The Bertz CT molecular complexity index is 1440. The van der Waals surface area contributed by atoms with E-state index in [1.54, 1.807) is 15.7 Å². The second kappa shape index (κ2) is 7.95. The number of fused-ring (bicyclic) bond motifs is 2. The quantitative estimate of drug-likeness (QED) is 0.455. The van der Waals surface area contributed by atoms with Crippen molar-refractivity contribution in [2.24, 2.45) is 0 Å². The zero-order valence-electron chi connectivity index (χ0n) is 17.9. The molecule has 32 heavy (non-hydrogen) atoms. The number of para-hydroxylation sites is 2. The van der Waals surface area contributed by atoms with Gasteiger partial charge in [0.1, 0.15) is 6.54 Å². The fraction of sp³-hybridized carbons (Fsp3) is 0.192. The van der Waals surface area contributed by atoms with Gasteiger partial charge in [-0.05, 0) is 36.6 Å². The molecule has 5 nitrogen and oxygen atoms in total. The number of amides is 1. The fourth-order valence-corrected chi connectivity index (χ4v) is 6.09. The molecule has 0 bridgehead atoms. The van der Waals surface area contributed by atoms with Gasteiger partial charge < -0.3 is 9.47 Å². The Hall–Kier alpha value is -3.38. The lowest BCUT2D eigenvalue weighted by Gasteiger charge is -2.18. The van der Waals surface area contributed by atoms with E-state index in [4.69, 9.17) is 0 Å². The molecule has 0 N–H and O–H groups in total. The monoisotopic (exact) mass is 444 g/mol. The van der Waals surface area contributed by atoms with Crippen molar-refractivity contribution < 1.29 is 13.2 Å². The van der Waals surface area contributed by atoms with Crippen LogP contribution in [0, 0.1) is 6.92 Å². The molecule has 0 radical (unpaired) electrons. The van der Waals surface area contributed by atoms with Gasteiger partial charge in [-0.25, -0.2) is 8.42 Å². The smallest absolute Gasteiger partial charge is 0.246 e. The average Bonchev–Trinajstić information content (AvgIpc) is 3.36. The number of sulfone groups is 1. The summed E-state index contributed by atoms with van der Waals surface area (Å²) in [6, 6.07) is 22.8. The van der Waals surface area contributed by atoms with E-state index >= 15 is 0 Å². The van der Waals surface area contributed by atoms with Gasteiger partial charge >= 0.3 is 0 Å². The van der Waals surface area contributed by atoms with Crippen molar-refractivity contribution in [1.82, 2.24) is 4.57 Å².